The topological polar surface area (TPSA) is 34.0 Å². The highest BCUT2D eigenvalue weighted by molar-refractivity contribution is 5.42. The van der Waals surface area contributed by atoms with Gasteiger partial charge in [-0.1, -0.05) is 89.3 Å². The number of hydrogen-bond donors (Lipinski definition) is 0. The van der Waals surface area contributed by atoms with E-state index in [2.05, 4.69) is 45.3 Å². The summed E-state index contributed by atoms with van der Waals surface area (Å²) in [5, 5.41) is 8.58. The molecule has 45 heavy (non-hydrogen) atoms. The third-order valence-corrected chi connectivity index (χ3v) is 9.19. The van der Waals surface area contributed by atoms with E-state index in [4.69, 9.17) is 4.74 Å². The van der Waals surface area contributed by atoms with Gasteiger partial charge in [0.15, 0.2) is 0 Å². The zero-order valence-corrected chi connectivity index (χ0v) is 30.2. The Balaban J connectivity index is 1.41. The molecule has 2 rings (SSSR count). The van der Waals surface area contributed by atoms with E-state index in [-0.39, 0.29) is 0 Å². The van der Waals surface area contributed by atoms with Gasteiger partial charge in [0.05, 0.1) is 72.4 Å². The summed E-state index contributed by atoms with van der Waals surface area (Å²) in [6.45, 7) is 8.23. The van der Waals surface area contributed by atoms with Crippen LogP contribution in [0, 0.1) is 0 Å². The van der Waals surface area contributed by atoms with E-state index in [9.17, 15) is 0 Å². The molecule has 0 saturated heterocycles. The molecule has 0 aromatic heterocycles. The summed E-state index contributed by atoms with van der Waals surface area (Å²) in [7, 11) is 9.66. The van der Waals surface area contributed by atoms with Crippen LogP contribution in [0.2, 0.25) is 0 Å². The normalized spacial score (nSPS) is 12.3. The summed E-state index contributed by atoms with van der Waals surface area (Å²) < 4.78 is 8.29. The first-order chi connectivity index (χ1) is 21.8. The van der Waals surface area contributed by atoms with Crippen molar-refractivity contribution in [1.29, 1.82) is 0 Å². The van der Waals surface area contributed by atoms with Crippen LogP contribution in [-0.4, -0.2) is 69.9 Å². The predicted molar refractivity (Wildman–Crippen MR) is 195 cm³/mol. The van der Waals surface area contributed by atoms with Gasteiger partial charge in [-0.25, -0.2) is 0 Å². The maximum atomic E-state index is 5.98. The maximum absolute atomic E-state index is 5.98. The zero-order valence-electron chi connectivity index (χ0n) is 30.2. The highest BCUT2D eigenvalue weighted by Gasteiger charge is 2.16. The summed E-state index contributed by atoms with van der Waals surface area (Å²) in [5.74, 6) is 0.901. The molecule has 0 amide bonds. The van der Waals surface area contributed by atoms with Crippen LogP contribution < -0.4 is 4.74 Å². The molecule has 0 aliphatic rings. The molecule has 0 heterocycles. The standard InChI is InChI=1S/C40H70N4O/c1-6-7-8-9-10-11-12-13-14-15-16-22-33-43(2,3)34-23-17-18-24-35-44(4,5)36-25-26-37-45-40-31-29-39(30-32-40)42-41-38-27-20-19-21-28-38/h19-21,27-32H,6-18,22-26,33-37H2,1-5H3/q+2. The van der Waals surface area contributed by atoms with E-state index in [1.807, 2.05) is 54.6 Å². The molecule has 2 aromatic rings. The summed E-state index contributed by atoms with van der Waals surface area (Å²) >= 11 is 0. The third kappa shape index (κ3) is 21.2. The summed E-state index contributed by atoms with van der Waals surface area (Å²) in [6.07, 6.45) is 25.0. The van der Waals surface area contributed by atoms with Crippen LogP contribution in [0.15, 0.2) is 64.8 Å². The SMILES string of the molecule is CCCCCCCCCCCCCC[N+](C)(C)CCCCCC[N+](C)(C)CCCCOc1ccc(N=Nc2ccccc2)cc1. The average molecular weight is 623 g/mol. The van der Waals surface area contributed by atoms with Crippen molar-refractivity contribution in [3.05, 3.63) is 54.6 Å². The van der Waals surface area contributed by atoms with Gasteiger partial charge in [0, 0.05) is 0 Å². The average Bonchev–Trinajstić information content (AvgIpc) is 3.03. The number of rotatable bonds is 28. The zero-order chi connectivity index (χ0) is 32.5. The van der Waals surface area contributed by atoms with Crippen LogP contribution in [-0.2, 0) is 0 Å². The van der Waals surface area contributed by atoms with Crippen molar-refractivity contribution >= 4 is 11.4 Å². The fraction of sp³-hybridized carbons (Fsp3) is 0.700. The summed E-state index contributed by atoms with van der Waals surface area (Å²) in [5.41, 5.74) is 1.70. The van der Waals surface area contributed by atoms with Crippen LogP contribution in [0.5, 0.6) is 5.75 Å². The Hall–Kier alpha value is -2.24. The number of benzene rings is 2. The van der Waals surface area contributed by atoms with E-state index in [0.29, 0.717) is 0 Å². The first kappa shape index (κ1) is 38.9. The Bertz CT molecular complexity index is 987. The minimum atomic E-state index is 0.762. The second kappa shape index (κ2) is 24.0. The lowest BCUT2D eigenvalue weighted by atomic mass is 10.1. The predicted octanol–water partition coefficient (Wildman–Crippen LogP) is 11.7. The molecule has 0 bridgehead atoms. The summed E-state index contributed by atoms with van der Waals surface area (Å²) in [4.78, 5) is 0. The Morgan fingerprint density at radius 2 is 0.822 bits per heavy atom. The van der Waals surface area contributed by atoms with Crippen LogP contribution in [0.1, 0.15) is 122 Å². The van der Waals surface area contributed by atoms with Gasteiger partial charge in [-0.3, -0.25) is 0 Å². The molecular formula is C40H70N4O+2. The Morgan fingerprint density at radius 3 is 1.27 bits per heavy atom. The number of azo groups is 1. The number of quaternary nitrogens is 2. The molecule has 2 aromatic carbocycles. The van der Waals surface area contributed by atoms with Crippen LogP contribution in [0.4, 0.5) is 11.4 Å². The highest BCUT2D eigenvalue weighted by atomic mass is 16.5. The molecular weight excluding hydrogens is 552 g/mol. The first-order valence-corrected chi connectivity index (χ1v) is 18.6. The van der Waals surface area contributed by atoms with Gasteiger partial charge < -0.3 is 13.7 Å². The second-order valence-electron chi connectivity index (χ2n) is 14.7. The lowest BCUT2D eigenvalue weighted by molar-refractivity contribution is -0.891. The molecule has 5 heteroatoms. The van der Waals surface area contributed by atoms with Crippen molar-refractivity contribution in [3.63, 3.8) is 0 Å². The molecule has 0 saturated carbocycles. The van der Waals surface area contributed by atoms with Gasteiger partial charge in [0.25, 0.3) is 0 Å². The lowest BCUT2D eigenvalue weighted by Crippen LogP contribution is -2.41. The molecule has 0 spiro atoms. The first-order valence-electron chi connectivity index (χ1n) is 18.6. The van der Waals surface area contributed by atoms with Gasteiger partial charge >= 0.3 is 0 Å². The largest absolute Gasteiger partial charge is 0.494 e. The van der Waals surface area contributed by atoms with E-state index in [1.54, 1.807) is 0 Å². The van der Waals surface area contributed by atoms with Crippen molar-refractivity contribution in [1.82, 2.24) is 0 Å². The minimum absolute atomic E-state index is 0.762. The maximum Gasteiger partial charge on any atom is 0.119 e. The molecule has 0 aliphatic carbocycles. The van der Waals surface area contributed by atoms with E-state index >= 15 is 0 Å². The lowest BCUT2D eigenvalue weighted by Gasteiger charge is -2.31. The van der Waals surface area contributed by atoms with Gasteiger partial charge in [-0.2, -0.15) is 10.2 Å². The van der Waals surface area contributed by atoms with Crippen molar-refractivity contribution in [2.45, 2.75) is 122 Å². The number of nitrogens with zero attached hydrogens (tertiary/aromatic N) is 4. The van der Waals surface area contributed by atoms with Gasteiger partial charge in [0.2, 0.25) is 0 Å². The minimum Gasteiger partial charge on any atom is -0.494 e. The summed E-state index contributed by atoms with van der Waals surface area (Å²) in [6, 6.07) is 17.7. The van der Waals surface area contributed by atoms with Gasteiger partial charge in [-0.15, -0.1) is 0 Å². The third-order valence-electron chi connectivity index (χ3n) is 9.19. The van der Waals surface area contributed by atoms with E-state index in [0.717, 1.165) is 34.6 Å². The fourth-order valence-electron chi connectivity index (χ4n) is 6.09. The Kier molecular flexibility index (Phi) is 20.8. The Morgan fingerprint density at radius 1 is 0.444 bits per heavy atom. The quantitative estimate of drug-likeness (QED) is 0.0528. The fourth-order valence-corrected chi connectivity index (χ4v) is 6.09. The molecule has 0 atom stereocenters. The van der Waals surface area contributed by atoms with Crippen molar-refractivity contribution in [3.8, 4) is 5.75 Å². The smallest absolute Gasteiger partial charge is 0.119 e. The van der Waals surface area contributed by atoms with Gasteiger partial charge in [0.1, 0.15) is 5.75 Å². The molecule has 254 valence electrons. The van der Waals surface area contributed by atoms with Crippen LogP contribution >= 0.6 is 0 Å². The van der Waals surface area contributed by atoms with Crippen LogP contribution in [0.25, 0.3) is 0 Å². The molecule has 0 unspecified atom stereocenters. The van der Waals surface area contributed by atoms with Gasteiger partial charge in [-0.05, 0) is 87.8 Å². The highest BCUT2D eigenvalue weighted by Crippen LogP contribution is 2.21. The molecule has 0 fully saturated rings. The molecule has 0 aliphatic heterocycles. The molecule has 0 radical (unpaired) electrons. The number of hydrogen-bond acceptors (Lipinski definition) is 3. The van der Waals surface area contributed by atoms with E-state index < -0.39 is 0 Å². The van der Waals surface area contributed by atoms with Crippen molar-refractivity contribution < 1.29 is 13.7 Å². The monoisotopic (exact) mass is 623 g/mol. The van der Waals surface area contributed by atoms with Crippen molar-refractivity contribution in [2.24, 2.45) is 10.2 Å². The number of unbranched alkanes of at least 4 members (excludes halogenated alkanes) is 15. The Labute approximate surface area is 278 Å². The van der Waals surface area contributed by atoms with Crippen molar-refractivity contribution in [2.75, 3.05) is 61.0 Å². The second-order valence-corrected chi connectivity index (χ2v) is 14.7. The van der Waals surface area contributed by atoms with Crippen LogP contribution in [0.3, 0.4) is 0 Å². The molecule has 5 nitrogen and oxygen atoms in total. The number of ether oxygens (including phenoxy) is 1. The van der Waals surface area contributed by atoms with E-state index in [1.165, 1.54) is 140 Å². The molecule has 0 N–H and O–H groups in total.